The van der Waals surface area contributed by atoms with Gasteiger partial charge in [-0.25, -0.2) is 0 Å². The number of hydrogen-bond acceptors (Lipinski definition) is 2. The number of aromatic nitrogens is 1. The molecule has 62 valence electrons. The normalized spacial score (nSPS) is 9.08. The fraction of sp³-hybridized carbons (Fsp3) is 0.100. The molecule has 2 heteroatoms. The quantitative estimate of drug-likeness (QED) is 0.734. The standard InChI is InChI=1S/C10H12N2/c1-4-8-9(5-2)12-7-6-10(8)11-3/h4-7H,1-2H2,3H3,(H,11,12). The van der Waals surface area contributed by atoms with E-state index in [9.17, 15) is 0 Å². The molecular weight excluding hydrogens is 148 g/mol. The van der Waals surface area contributed by atoms with E-state index in [-0.39, 0.29) is 0 Å². The van der Waals surface area contributed by atoms with Crippen molar-refractivity contribution >= 4 is 17.8 Å². The van der Waals surface area contributed by atoms with Gasteiger partial charge in [-0.15, -0.1) is 0 Å². The van der Waals surface area contributed by atoms with Crippen molar-refractivity contribution in [3.8, 4) is 0 Å². The molecule has 0 saturated carbocycles. The third kappa shape index (κ3) is 1.37. The first-order chi connectivity index (χ1) is 5.83. The van der Waals surface area contributed by atoms with Crippen molar-refractivity contribution in [2.75, 3.05) is 12.4 Å². The lowest BCUT2D eigenvalue weighted by Gasteiger charge is -2.06. The summed E-state index contributed by atoms with van der Waals surface area (Å²) in [5.74, 6) is 0. The van der Waals surface area contributed by atoms with Gasteiger partial charge >= 0.3 is 0 Å². The molecule has 1 rings (SSSR count). The molecule has 0 aromatic carbocycles. The number of nitrogens with one attached hydrogen (secondary N) is 1. The van der Waals surface area contributed by atoms with Crippen LogP contribution in [0.2, 0.25) is 0 Å². The minimum absolute atomic E-state index is 0.858. The molecule has 0 unspecified atom stereocenters. The number of rotatable bonds is 3. The predicted molar refractivity (Wildman–Crippen MR) is 54.0 cm³/mol. The van der Waals surface area contributed by atoms with E-state index < -0.39 is 0 Å². The molecule has 1 heterocycles. The summed E-state index contributed by atoms with van der Waals surface area (Å²) in [5.41, 5.74) is 2.88. The second-order valence-electron chi connectivity index (χ2n) is 2.32. The molecule has 1 aromatic rings. The zero-order chi connectivity index (χ0) is 8.97. The highest BCUT2D eigenvalue weighted by Crippen LogP contribution is 2.19. The topological polar surface area (TPSA) is 24.9 Å². The molecular formula is C10H12N2. The lowest BCUT2D eigenvalue weighted by atomic mass is 10.1. The Morgan fingerprint density at radius 3 is 2.67 bits per heavy atom. The Balaban J connectivity index is 3.31. The van der Waals surface area contributed by atoms with Crippen LogP contribution in [0.3, 0.4) is 0 Å². The van der Waals surface area contributed by atoms with Crippen molar-refractivity contribution in [3.05, 3.63) is 36.7 Å². The minimum atomic E-state index is 0.858. The van der Waals surface area contributed by atoms with E-state index in [1.165, 1.54) is 0 Å². The maximum absolute atomic E-state index is 4.15. The molecule has 0 fully saturated rings. The number of anilines is 1. The van der Waals surface area contributed by atoms with Crippen molar-refractivity contribution in [2.45, 2.75) is 0 Å². The Morgan fingerprint density at radius 1 is 1.42 bits per heavy atom. The summed E-state index contributed by atoms with van der Waals surface area (Å²) in [6, 6.07) is 1.91. The smallest absolute Gasteiger partial charge is 0.0716 e. The van der Waals surface area contributed by atoms with E-state index in [2.05, 4.69) is 23.5 Å². The Kier molecular flexibility index (Phi) is 2.64. The van der Waals surface area contributed by atoms with Gasteiger partial charge in [-0.2, -0.15) is 0 Å². The van der Waals surface area contributed by atoms with Gasteiger partial charge < -0.3 is 5.32 Å². The van der Waals surface area contributed by atoms with Gasteiger partial charge in [-0.05, 0) is 12.1 Å². The molecule has 0 aliphatic heterocycles. The van der Waals surface area contributed by atoms with Crippen LogP contribution < -0.4 is 5.32 Å². The third-order valence-electron chi connectivity index (χ3n) is 1.69. The van der Waals surface area contributed by atoms with E-state index in [0.717, 1.165) is 16.9 Å². The first-order valence-corrected chi connectivity index (χ1v) is 3.75. The summed E-state index contributed by atoms with van der Waals surface area (Å²) >= 11 is 0. The lowest BCUT2D eigenvalue weighted by Crippen LogP contribution is -1.95. The molecule has 0 spiro atoms. The number of hydrogen-bond donors (Lipinski definition) is 1. The van der Waals surface area contributed by atoms with Crippen LogP contribution in [0.5, 0.6) is 0 Å². The Morgan fingerprint density at radius 2 is 2.17 bits per heavy atom. The molecule has 0 atom stereocenters. The summed E-state index contributed by atoms with van der Waals surface area (Å²) in [5, 5.41) is 3.06. The highest BCUT2D eigenvalue weighted by Gasteiger charge is 2.00. The molecule has 1 aromatic heterocycles. The average molecular weight is 160 g/mol. The van der Waals surface area contributed by atoms with E-state index in [1.54, 1.807) is 18.3 Å². The van der Waals surface area contributed by atoms with Gasteiger partial charge in [0.2, 0.25) is 0 Å². The second kappa shape index (κ2) is 3.72. The van der Waals surface area contributed by atoms with Crippen LogP contribution in [-0.2, 0) is 0 Å². The van der Waals surface area contributed by atoms with E-state index in [1.807, 2.05) is 13.1 Å². The molecule has 0 saturated heterocycles. The SMILES string of the molecule is C=Cc1nccc(NC)c1C=C. The van der Waals surface area contributed by atoms with Gasteiger partial charge in [-0.1, -0.05) is 19.2 Å². The maximum atomic E-state index is 4.15. The highest BCUT2D eigenvalue weighted by atomic mass is 14.8. The molecule has 0 aliphatic carbocycles. The molecule has 1 N–H and O–H groups in total. The minimum Gasteiger partial charge on any atom is -0.388 e. The Hall–Kier alpha value is -1.57. The van der Waals surface area contributed by atoms with Crippen LogP contribution in [0.25, 0.3) is 12.2 Å². The fourth-order valence-electron chi connectivity index (χ4n) is 1.08. The van der Waals surface area contributed by atoms with Gasteiger partial charge in [-0.3, -0.25) is 4.98 Å². The monoisotopic (exact) mass is 160 g/mol. The van der Waals surface area contributed by atoms with Gasteiger partial charge in [0.05, 0.1) is 5.69 Å². The molecule has 0 amide bonds. The first kappa shape index (κ1) is 8.53. The second-order valence-corrected chi connectivity index (χ2v) is 2.32. The van der Waals surface area contributed by atoms with Crippen molar-refractivity contribution in [3.63, 3.8) is 0 Å². The van der Waals surface area contributed by atoms with Crippen molar-refractivity contribution in [2.24, 2.45) is 0 Å². The molecule has 0 bridgehead atoms. The first-order valence-electron chi connectivity index (χ1n) is 3.75. The summed E-state index contributed by atoms with van der Waals surface area (Å²) in [6.45, 7) is 7.40. The number of pyridine rings is 1. The number of nitrogens with zero attached hydrogens (tertiary/aromatic N) is 1. The largest absolute Gasteiger partial charge is 0.388 e. The summed E-state index contributed by atoms with van der Waals surface area (Å²) in [4.78, 5) is 4.15. The van der Waals surface area contributed by atoms with Crippen LogP contribution in [0.1, 0.15) is 11.3 Å². The molecule has 0 radical (unpaired) electrons. The van der Waals surface area contributed by atoms with Gasteiger partial charge in [0.25, 0.3) is 0 Å². The zero-order valence-corrected chi connectivity index (χ0v) is 7.17. The van der Waals surface area contributed by atoms with Crippen LogP contribution in [0.4, 0.5) is 5.69 Å². The van der Waals surface area contributed by atoms with E-state index in [0.29, 0.717) is 0 Å². The van der Waals surface area contributed by atoms with Crippen molar-refractivity contribution in [1.29, 1.82) is 0 Å². The van der Waals surface area contributed by atoms with Gasteiger partial charge in [0.1, 0.15) is 0 Å². The highest BCUT2D eigenvalue weighted by molar-refractivity contribution is 5.72. The fourth-order valence-corrected chi connectivity index (χ4v) is 1.08. The average Bonchev–Trinajstić information content (AvgIpc) is 2.16. The third-order valence-corrected chi connectivity index (χ3v) is 1.69. The zero-order valence-electron chi connectivity index (χ0n) is 7.17. The summed E-state index contributed by atoms with van der Waals surface area (Å²) in [7, 11) is 1.87. The van der Waals surface area contributed by atoms with Crippen molar-refractivity contribution in [1.82, 2.24) is 4.98 Å². The van der Waals surface area contributed by atoms with Crippen LogP contribution in [0.15, 0.2) is 25.4 Å². The van der Waals surface area contributed by atoms with E-state index in [4.69, 9.17) is 0 Å². The lowest BCUT2D eigenvalue weighted by molar-refractivity contribution is 1.27. The Labute approximate surface area is 72.6 Å². The van der Waals surface area contributed by atoms with Crippen LogP contribution in [-0.4, -0.2) is 12.0 Å². The van der Waals surface area contributed by atoms with Gasteiger partial charge in [0, 0.05) is 24.5 Å². The molecule has 12 heavy (non-hydrogen) atoms. The van der Waals surface area contributed by atoms with Crippen LogP contribution in [0, 0.1) is 0 Å². The van der Waals surface area contributed by atoms with E-state index >= 15 is 0 Å². The van der Waals surface area contributed by atoms with Gasteiger partial charge in [0.15, 0.2) is 0 Å². The Bertz CT molecular complexity index is 303. The molecule has 0 aliphatic rings. The maximum Gasteiger partial charge on any atom is 0.0716 e. The predicted octanol–water partition coefficient (Wildman–Crippen LogP) is 2.41. The summed E-state index contributed by atoms with van der Waals surface area (Å²) < 4.78 is 0. The molecule has 2 nitrogen and oxygen atoms in total. The van der Waals surface area contributed by atoms with Crippen LogP contribution >= 0.6 is 0 Å². The van der Waals surface area contributed by atoms with Crippen molar-refractivity contribution < 1.29 is 0 Å². The summed E-state index contributed by atoms with van der Waals surface area (Å²) in [6.07, 6.45) is 5.24.